The minimum atomic E-state index is 0.0898. The molecule has 1 spiro atoms. The van der Waals surface area contributed by atoms with Crippen molar-refractivity contribution in [1.82, 2.24) is 5.32 Å². The van der Waals surface area contributed by atoms with E-state index in [0.29, 0.717) is 0 Å². The molecule has 0 radical (unpaired) electrons. The van der Waals surface area contributed by atoms with Crippen molar-refractivity contribution in [3.63, 3.8) is 0 Å². The zero-order chi connectivity index (χ0) is 16.7. The topological polar surface area (TPSA) is 70.2 Å². The van der Waals surface area contributed by atoms with Gasteiger partial charge in [0.1, 0.15) is 0 Å². The second-order valence-electron chi connectivity index (χ2n) is 7.65. The molecule has 1 unspecified atom stereocenters. The maximum Gasteiger partial charge on any atom is 0.228 e. The molecule has 2 amide bonds. The monoisotopic (exact) mass is 327 g/mol. The van der Waals surface area contributed by atoms with E-state index in [0.717, 1.165) is 62.1 Å². The van der Waals surface area contributed by atoms with Gasteiger partial charge in [-0.1, -0.05) is 6.07 Å². The number of rotatable bonds is 4. The van der Waals surface area contributed by atoms with Gasteiger partial charge in [0.25, 0.3) is 0 Å². The second-order valence-corrected chi connectivity index (χ2v) is 7.65. The number of piperidine rings is 1. The largest absolute Gasteiger partial charge is 0.326 e. The Balaban J connectivity index is 1.42. The van der Waals surface area contributed by atoms with E-state index >= 15 is 0 Å². The first-order valence-electron chi connectivity index (χ1n) is 9.00. The van der Waals surface area contributed by atoms with Crippen LogP contribution in [0.2, 0.25) is 0 Å². The predicted octanol–water partition coefficient (Wildman–Crippen LogP) is 2.67. The van der Waals surface area contributed by atoms with E-state index in [1.165, 1.54) is 0 Å². The van der Waals surface area contributed by atoms with Crippen molar-refractivity contribution in [1.29, 1.82) is 0 Å². The fourth-order valence-electron chi connectivity index (χ4n) is 3.84. The number of nitrogens with one attached hydrogen (secondary N) is 3. The Morgan fingerprint density at radius 3 is 2.58 bits per heavy atom. The maximum absolute atomic E-state index is 12.6. The minimum absolute atomic E-state index is 0.0898. The number of carbonyl (C=O) groups is 2. The van der Waals surface area contributed by atoms with Crippen molar-refractivity contribution < 1.29 is 9.59 Å². The van der Waals surface area contributed by atoms with Gasteiger partial charge in [0, 0.05) is 23.2 Å². The Labute approximate surface area is 142 Å². The molecule has 2 aliphatic carbocycles. The first kappa shape index (κ1) is 15.6. The summed E-state index contributed by atoms with van der Waals surface area (Å²) in [6, 6.07) is 5.73. The van der Waals surface area contributed by atoms with E-state index in [-0.39, 0.29) is 29.1 Å². The van der Waals surface area contributed by atoms with Gasteiger partial charge < -0.3 is 16.0 Å². The van der Waals surface area contributed by atoms with E-state index in [4.69, 9.17) is 0 Å². The van der Waals surface area contributed by atoms with Crippen LogP contribution in [0.25, 0.3) is 0 Å². The highest BCUT2D eigenvalue weighted by Crippen LogP contribution is 2.58. The molecule has 5 nitrogen and oxygen atoms in total. The lowest BCUT2D eigenvalue weighted by molar-refractivity contribution is -0.118. The minimum Gasteiger partial charge on any atom is -0.326 e. The standard InChI is InChI=1S/C19H25N3O2/c1-12-2-5-14(21-17(23)13-3-4-13)10-16(12)22-18(24)15-11-19(15)6-8-20-9-7-19/h2,5,10,13,15,20H,3-4,6-9,11H2,1H3,(H,21,23)(H,22,24). The van der Waals surface area contributed by atoms with Crippen molar-refractivity contribution in [2.75, 3.05) is 23.7 Å². The summed E-state index contributed by atoms with van der Waals surface area (Å²) in [5.74, 6) is 0.539. The fourth-order valence-corrected chi connectivity index (χ4v) is 3.84. The molecule has 24 heavy (non-hydrogen) atoms. The molecule has 2 saturated carbocycles. The summed E-state index contributed by atoms with van der Waals surface area (Å²) in [7, 11) is 0. The van der Waals surface area contributed by atoms with Crippen LogP contribution in [0, 0.1) is 24.2 Å². The summed E-state index contributed by atoms with van der Waals surface area (Å²) < 4.78 is 0. The van der Waals surface area contributed by atoms with E-state index in [2.05, 4.69) is 16.0 Å². The highest BCUT2D eigenvalue weighted by molar-refractivity contribution is 5.98. The van der Waals surface area contributed by atoms with Gasteiger partial charge in [0.15, 0.2) is 0 Å². The lowest BCUT2D eigenvalue weighted by Gasteiger charge is -2.23. The number of aryl methyl sites for hydroxylation is 1. The van der Waals surface area contributed by atoms with E-state index in [1.54, 1.807) is 0 Å². The van der Waals surface area contributed by atoms with Gasteiger partial charge in [-0.25, -0.2) is 0 Å². The lowest BCUT2D eigenvalue weighted by Crippen LogP contribution is -2.31. The van der Waals surface area contributed by atoms with Gasteiger partial charge >= 0.3 is 0 Å². The predicted molar refractivity (Wildman–Crippen MR) is 93.8 cm³/mol. The summed E-state index contributed by atoms with van der Waals surface area (Å²) in [6.45, 7) is 4.02. The van der Waals surface area contributed by atoms with E-state index in [9.17, 15) is 9.59 Å². The number of amides is 2. The third-order valence-corrected chi connectivity index (χ3v) is 5.82. The maximum atomic E-state index is 12.6. The fraction of sp³-hybridized carbons (Fsp3) is 0.579. The van der Waals surface area contributed by atoms with Crippen molar-refractivity contribution in [2.24, 2.45) is 17.3 Å². The van der Waals surface area contributed by atoms with Crippen LogP contribution >= 0.6 is 0 Å². The first-order valence-corrected chi connectivity index (χ1v) is 9.00. The molecule has 1 heterocycles. The Bertz CT molecular complexity index is 675. The third-order valence-electron chi connectivity index (χ3n) is 5.82. The molecule has 5 heteroatoms. The van der Waals surface area contributed by atoms with Gasteiger partial charge in [0.2, 0.25) is 11.8 Å². The molecule has 1 aromatic carbocycles. The van der Waals surface area contributed by atoms with Gasteiger partial charge in [-0.3, -0.25) is 9.59 Å². The van der Waals surface area contributed by atoms with Crippen LogP contribution in [-0.2, 0) is 9.59 Å². The molecule has 1 atom stereocenters. The van der Waals surface area contributed by atoms with E-state index in [1.807, 2.05) is 25.1 Å². The Morgan fingerprint density at radius 1 is 1.12 bits per heavy atom. The molecule has 1 aromatic rings. The molecule has 0 bridgehead atoms. The normalized spacial score (nSPS) is 24.5. The molecule has 1 saturated heterocycles. The number of hydrogen-bond acceptors (Lipinski definition) is 3. The van der Waals surface area contributed by atoms with Crippen LogP contribution in [0.5, 0.6) is 0 Å². The molecule has 0 aromatic heterocycles. The molecule has 128 valence electrons. The van der Waals surface area contributed by atoms with Crippen molar-refractivity contribution in [3.05, 3.63) is 23.8 Å². The molecule has 3 aliphatic rings. The third kappa shape index (κ3) is 3.05. The summed E-state index contributed by atoms with van der Waals surface area (Å²) in [6.07, 6.45) is 5.18. The Morgan fingerprint density at radius 2 is 1.88 bits per heavy atom. The van der Waals surface area contributed by atoms with Crippen LogP contribution in [0.3, 0.4) is 0 Å². The summed E-state index contributed by atoms with van der Waals surface area (Å²) >= 11 is 0. The summed E-state index contributed by atoms with van der Waals surface area (Å²) in [5, 5.41) is 9.41. The lowest BCUT2D eigenvalue weighted by atomic mass is 9.91. The average Bonchev–Trinajstić information content (AvgIpc) is 3.47. The zero-order valence-electron chi connectivity index (χ0n) is 14.2. The SMILES string of the molecule is Cc1ccc(NC(=O)C2CC2)cc1NC(=O)C1CC12CCNCC2. The molecular weight excluding hydrogens is 302 g/mol. The van der Waals surface area contributed by atoms with Crippen LogP contribution in [0.1, 0.15) is 37.7 Å². The Hall–Kier alpha value is -1.88. The highest BCUT2D eigenvalue weighted by Gasteiger charge is 2.57. The quantitative estimate of drug-likeness (QED) is 0.796. The molecule has 1 aliphatic heterocycles. The van der Waals surface area contributed by atoms with Gasteiger partial charge in [-0.05, 0) is 75.2 Å². The average molecular weight is 327 g/mol. The van der Waals surface area contributed by atoms with Crippen molar-refractivity contribution in [3.8, 4) is 0 Å². The van der Waals surface area contributed by atoms with Crippen molar-refractivity contribution in [2.45, 2.75) is 39.0 Å². The van der Waals surface area contributed by atoms with Crippen molar-refractivity contribution >= 4 is 23.2 Å². The number of carbonyl (C=O) groups excluding carboxylic acids is 2. The number of hydrogen-bond donors (Lipinski definition) is 3. The van der Waals surface area contributed by atoms with Gasteiger partial charge in [-0.15, -0.1) is 0 Å². The highest BCUT2D eigenvalue weighted by atomic mass is 16.2. The number of benzene rings is 1. The molecule has 4 rings (SSSR count). The van der Waals surface area contributed by atoms with Gasteiger partial charge in [-0.2, -0.15) is 0 Å². The van der Waals surface area contributed by atoms with Gasteiger partial charge in [0.05, 0.1) is 0 Å². The smallest absolute Gasteiger partial charge is 0.228 e. The van der Waals surface area contributed by atoms with Crippen LogP contribution in [0.15, 0.2) is 18.2 Å². The summed E-state index contributed by atoms with van der Waals surface area (Å²) in [4.78, 5) is 24.5. The number of anilines is 2. The zero-order valence-corrected chi connectivity index (χ0v) is 14.2. The molecular formula is C19H25N3O2. The van der Waals surface area contributed by atoms with Crippen LogP contribution in [-0.4, -0.2) is 24.9 Å². The molecule has 3 N–H and O–H groups in total. The van der Waals surface area contributed by atoms with Crippen LogP contribution < -0.4 is 16.0 Å². The van der Waals surface area contributed by atoms with E-state index < -0.39 is 0 Å². The second kappa shape index (κ2) is 5.88. The molecule has 3 fully saturated rings. The van der Waals surface area contributed by atoms with Crippen LogP contribution in [0.4, 0.5) is 11.4 Å². The summed E-state index contributed by atoms with van der Waals surface area (Å²) in [5.41, 5.74) is 2.83. The first-order chi connectivity index (χ1) is 11.6. The Kier molecular flexibility index (Phi) is 3.83.